The first-order valence-corrected chi connectivity index (χ1v) is 6.91. The van der Waals surface area contributed by atoms with Crippen LogP contribution in [0.4, 0.5) is 0 Å². The fraction of sp³-hybridized carbons (Fsp3) is 0.231. The molecule has 7 heteroatoms. The molecule has 1 aliphatic rings. The number of nitrogens with one attached hydrogen (secondary N) is 2. The summed E-state index contributed by atoms with van der Waals surface area (Å²) < 4.78 is 0. The minimum atomic E-state index is -0.444. The van der Waals surface area contributed by atoms with E-state index in [0.29, 0.717) is 5.17 Å². The fourth-order valence-corrected chi connectivity index (χ4v) is 2.47. The number of amides is 2. The van der Waals surface area contributed by atoms with E-state index in [4.69, 9.17) is 0 Å². The molecule has 0 aliphatic carbocycles. The van der Waals surface area contributed by atoms with Crippen LogP contribution in [0.2, 0.25) is 0 Å². The maximum atomic E-state index is 11.6. The maximum absolute atomic E-state index is 11.6. The lowest BCUT2D eigenvalue weighted by Gasteiger charge is -2.02. The summed E-state index contributed by atoms with van der Waals surface area (Å²) in [5.74, 6) is -0.390. The number of benzene rings is 1. The third-order valence-corrected chi connectivity index (χ3v) is 3.65. The third-order valence-electron chi connectivity index (χ3n) is 2.58. The normalized spacial score (nSPS) is 20.4. The number of hydrogen-bond donors (Lipinski definition) is 2. The maximum Gasteiger partial charge on any atom is 0.240 e. The van der Waals surface area contributed by atoms with Gasteiger partial charge in [-0.15, -0.1) is 5.10 Å². The van der Waals surface area contributed by atoms with Crippen molar-refractivity contribution in [2.75, 3.05) is 7.05 Å². The van der Waals surface area contributed by atoms with Crippen LogP contribution in [0.5, 0.6) is 0 Å². The summed E-state index contributed by atoms with van der Waals surface area (Å²) in [5.41, 5.74) is 0.924. The Morgan fingerprint density at radius 2 is 2.20 bits per heavy atom. The van der Waals surface area contributed by atoms with E-state index in [1.807, 2.05) is 30.3 Å². The van der Waals surface area contributed by atoms with Crippen molar-refractivity contribution in [3.8, 4) is 0 Å². The minimum absolute atomic E-state index is 0.133. The molecule has 1 aromatic rings. The highest BCUT2D eigenvalue weighted by Crippen LogP contribution is 2.22. The van der Waals surface area contributed by atoms with E-state index in [1.54, 1.807) is 13.3 Å². The third kappa shape index (κ3) is 3.92. The first-order chi connectivity index (χ1) is 9.69. The molecular formula is C13H14N4O2S. The monoisotopic (exact) mass is 290 g/mol. The quantitative estimate of drug-likeness (QED) is 0.634. The van der Waals surface area contributed by atoms with Crippen molar-refractivity contribution >= 4 is 35.0 Å². The van der Waals surface area contributed by atoms with Crippen LogP contribution in [0.3, 0.4) is 0 Å². The van der Waals surface area contributed by atoms with Crippen LogP contribution in [-0.2, 0) is 9.59 Å². The number of carbonyl (C=O) groups is 2. The van der Waals surface area contributed by atoms with Crippen molar-refractivity contribution in [2.24, 2.45) is 10.2 Å². The van der Waals surface area contributed by atoms with Crippen LogP contribution >= 0.6 is 11.8 Å². The van der Waals surface area contributed by atoms with Crippen molar-refractivity contribution in [3.05, 3.63) is 35.9 Å². The molecule has 1 saturated heterocycles. The molecule has 0 radical (unpaired) electrons. The van der Waals surface area contributed by atoms with Crippen LogP contribution in [-0.4, -0.2) is 35.5 Å². The zero-order valence-electron chi connectivity index (χ0n) is 10.9. The Hall–Kier alpha value is -2.15. The van der Waals surface area contributed by atoms with Crippen LogP contribution < -0.4 is 10.6 Å². The Morgan fingerprint density at radius 3 is 2.90 bits per heavy atom. The van der Waals surface area contributed by atoms with Gasteiger partial charge in [-0.3, -0.25) is 9.59 Å². The molecule has 104 valence electrons. The number of carbonyl (C=O) groups excluding carboxylic acids is 2. The topological polar surface area (TPSA) is 82.9 Å². The lowest BCUT2D eigenvalue weighted by Crippen LogP contribution is -2.29. The second kappa shape index (κ2) is 6.85. The molecule has 20 heavy (non-hydrogen) atoms. The van der Waals surface area contributed by atoms with Gasteiger partial charge in [-0.2, -0.15) is 5.10 Å². The Balaban J connectivity index is 1.94. The first-order valence-electron chi connectivity index (χ1n) is 6.03. The van der Waals surface area contributed by atoms with Gasteiger partial charge >= 0.3 is 0 Å². The number of nitrogens with zero attached hydrogens (tertiary/aromatic N) is 2. The van der Waals surface area contributed by atoms with Crippen molar-refractivity contribution in [2.45, 2.75) is 11.7 Å². The average molecular weight is 290 g/mol. The highest BCUT2D eigenvalue weighted by atomic mass is 32.2. The number of thioether (sulfide) groups is 1. The van der Waals surface area contributed by atoms with E-state index in [9.17, 15) is 9.59 Å². The van der Waals surface area contributed by atoms with Gasteiger partial charge in [-0.05, 0) is 5.56 Å². The average Bonchev–Trinajstić information content (AvgIpc) is 2.80. The molecule has 1 heterocycles. The summed E-state index contributed by atoms with van der Waals surface area (Å²) in [4.78, 5) is 22.9. The molecule has 2 rings (SSSR count). The van der Waals surface area contributed by atoms with Gasteiger partial charge < -0.3 is 10.6 Å². The second-order valence-corrected chi connectivity index (χ2v) is 5.22. The summed E-state index contributed by atoms with van der Waals surface area (Å²) >= 11 is 1.21. The predicted molar refractivity (Wildman–Crippen MR) is 79.7 cm³/mol. The number of rotatable bonds is 4. The molecule has 0 bridgehead atoms. The van der Waals surface area contributed by atoms with Gasteiger partial charge in [0.1, 0.15) is 5.25 Å². The summed E-state index contributed by atoms with van der Waals surface area (Å²) in [7, 11) is 1.54. The highest BCUT2D eigenvalue weighted by Gasteiger charge is 2.31. The van der Waals surface area contributed by atoms with E-state index in [0.717, 1.165) is 5.56 Å². The van der Waals surface area contributed by atoms with E-state index >= 15 is 0 Å². The molecule has 0 saturated carbocycles. The smallest absolute Gasteiger partial charge is 0.240 e. The molecule has 1 unspecified atom stereocenters. The van der Waals surface area contributed by atoms with Gasteiger partial charge in [0, 0.05) is 13.5 Å². The molecule has 1 fully saturated rings. The minimum Gasteiger partial charge on any atom is -0.359 e. The molecule has 0 aromatic heterocycles. The first kappa shape index (κ1) is 14.3. The molecule has 1 aromatic carbocycles. The lowest BCUT2D eigenvalue weighted by molar-refractivity contribution is -0.124. The van der Waals surface area contributed by atoms with Gasteiger partial charge in [-0.25, -0.2) is 0 Å². The highest BCUT2D eigenvalue weighted by molar-refractivity contribution is 8.15. The molecule has 2 N–H and O–H groups in total. The number of hydrogen-bond acceptors (Lipinski definition) is 5. The standard InChI is InChI=1S/C13H14N4O2S/c1-14-11(18)7-10-12(19)16-13(20-10)17-15-8-9-5-3-2-4-6-9/h2-6,8,10H,7H2,1H3,(H,14,18)(H,16,17,19)/b15-8+. The summed E-state index contributed by atoms with van der Waals surface area (Å²) in [6.45, 7) is 0. The second-order valence-electron chi connectivity index (χ2n) is 4.03. The predicted octanol–water partition coefficient (Wildman–Crippen LogP) is 0.744. The van der Waals surface area contributed by atoms with Crippen LogP contribution in [0.15, 0.2) is 40.5 Å². The van der Waals surface area contributed by atoms with E-state index in [-0.39, 0.29) is 18.2 Å². The van der Waals surface area contributed by atoms with Crippen molar-refractivity contribution in [1.29, 1.82) is 0 Å². The van der Waals surface area contributed by atoms with Gasteiger partial charge in [0.05, 0.1) is 6.21 Å². The SMILES string of the molecule is CNC(=O)CC1S/C(=N\N=C\c2ccccc2)NC1=O. The van der Waals surface area contributed by atoms with Crippen molar-refractivity contribution in [1.82, 2.24) is 10.6 Å². The zero-order chi connectivity index (χ0) is 14.4. The van der Waals surface area contributed by atoms with Gasteiger partial charge in [0.2, 0.25) is 11.8 Å². The van der Waals surface area contributed by atoms with E-state index in [2.05, 4.69) is 20.8 Å². The van der Waals surface area contributed by atoms with Gasteiger partial charge in [-0.1, -0.05) is 42.1 Å². The Morgan fingerprint density at radius 1 is 1.45 bits per heavy atom. The van der Waals surface area contributed by atoms with E-state index in [1.165, 1.54) is 11.8 Å². The van der Waals surface area contributed by atoms with Crippen LogP contribution in [0, 0.1) is 0 Å². The Labute approximate surface area is 120 Å². The Kier molecular flexibility index (Phi) is 4.89. The Bertz CT molecular complexity index is 557. The van der Waals surface area contributed by atoms with Gasteiger partial charge in [0.15, 0.2) is 5.17 Å². The number of amidine groups is 1. The summed E-state index contributed by atoms with van der Waals surface area (Å²) in [6, 6.07) is 9.52. The largest absolute Gasteiger partial charge is 0.359 e. The lowest BCUT2D eigenvalue weighted by atomic mass is 10.2. The molecular weight excluding hydrogens is 276 g/mol. The molecule has 0 spiro atoms. The fourth-order valence-electron chi connectivity index (χ4n) is 1.54. The summed E-state index contributed by atoms with van der Waals surface area (Å²) in [5, 5.41) is 12.9. The van der Waals surface area contributed by atoms with Crippen molar-refractivity contribution in [3.63, 3.8) is 0 Å². The van der Waals surface area contributed by atoms with Crippen molar-refractivity contribution < 1.29 is 9.59 Å². The zero-order valence-corrected chi connectivity index (χ0v) is 11.7. The molecule has 2 amide bonds. The van der Waals surface area contributed by atoms with Gasteiger partial charge in [0.25, 0.3) is 0 Å². The molecule has 1 atom stereocenters. The molecule has 1 aliphatic heterocycles. The van der Waals surface area contributed by atoms with Crippen LogP contribution in [0.25, 0.3) is 0 Å². The van der Waals surface area contributed by atoms with Crippen LogP contribution in [0.1, 0.15) is 12.0 Å². The van der Waals surface area contributed by atoms with E-state index < -0.39 is 5.25 Å². The molecule has 6 nitrogen and oxygen atoms in total. The summed E-state index contributed by atoms with van der Waals surface area (Å²) in [6.07, 6.45) is 1.74.